The van der Waals surface area contributed by atoms with E-state index in [1.165, 1.54) is 5.38 Å². The predicted octanol–water partition coefficient (Wildman–Crippen LogP) is 3.88. The number of benzene rings is 2. The first-order chi connectivity index (χ1) is 16.4. The van der Waals surface area contributed by atoms with Gasteiger partial charge in [0.1, 0.15) is 0 Å². The lowest BCUT2D eigenvalue weighted by atomic mass is 9.90. The number of halogens is 5. The number of nitrogens with one attached hydrogen (secondary N) is 3. The monoisotopic (exact) mass is 510 g/mol. The van der Waals surface area contributed by atoms with E-state index in [4.69, 9.17) is 0 Å². The number of rotatable bonds is 5. The Bertz CT molecular complexity index is 1340. The average Bonchev–Trinajstić information content (AvgIpc) is 3.35. The number of amides is 4. The molecule has 1 atom stereocenters. The molecular weight excluding hydrogens is 495 g/mol. The number of hydrogen-bond donors (Lipinski definition) is 3. The highest BCUT2D eigenvalue weighted by Gasteiger charge is 2.49. The fourth-order valence-electron chi connectivity index (χ4n) is 3.76. The molecule has 7 nitrogen and oxygen atoms in total. The molecular formula is C22H15F5N4O3S. The van der Waals surface area contributed by atoms with Gasteiger partial charge < -0.3 is 10.6 Å². The van der Waals surface area contributed by atoms with Crippen molar-refractivity contribution in [1.82, 2.24) is 20.3 Å². The molecule has 0 spiro atoms. The van der Waals surface area contributed by atoms with Gasteiger partial charge in [-0.2, -0.15) is 17.5 Å². The number of urea groups is 1. The Balaban J connectivity index is 1.69. The summed E-state index contributed by atoms with van der Waals surface area (Å²) in [7, 11) is 0. The number of hydrogen-bond acceptors (Lipinski definition) is 5. The second-order valence-electron chi connectivity index (χ2n) is 7.67. The molecule has 4 amide bonds. The first-order valence-electron chi connectivity index (χ1n) is 9.93. The van der Waals surface area contributed by atoms with Crippen LogP contribution < -0.4 is 16.0 Å². The quantitative estimate of drug-likeness (QED) is 0.358. The lowest BCUT2D eigenvalue weighted by Crippen LogP contribution is -2.52. The summed E-state index contributed by atoms with van der Waals surface area (Å²) in [5, 5.41) is 8.52. The fourth-order valence-corrected chi connectivity index (χ4v) is 4.55. The van der Waals surface area contributed by atoms with Crippen LogP contribution in [0, 0.1) is 18.6 Å². The first-order valence-corrected chi connectivity index (χ1v) is 10.8. The van der Waals surface area contributed by atoms with Crippen LogP contribution in [0.1, 0.15) is 27.2 Å². The van der Waals surface area contributed by atoms with Crippen LogP contribution in [0.15, 0.2) is 41.8 Å². The molecule has 1 unspecified atom stereocenters. The van der Waals surface area contributed by atoms with Crippen molar-refractivity contribution in [3.05, 3.63) is 75.8 Å². The molecule has 0 radical (unpaired) electrons. The molecule has 0 bridgehead atoms. The molecule has 2 aromatic carbocycles. The molecule has 13 heteroatoms. The number of alkyl halides is 3. The van der Waals surface area contributed by atoms with Crippen molar-refractivity contribution in [2.75, 3.05) is 6.54 Å². The van der Waals surface area contributed by atoms with Crippen molar-refractivity contribution < 1.29 is 36.3 Å². The van der Waals surface area contributed by atoms with Gasteiger partial charge >= 0.3 is 12.2 Å². The van der Waals surface area contributed by atoms with Gasteiger partial charge in [-0.05, 0) is 48.3 Å². The van der Waals surface area contributed by atoms with E-state index in [1.54, 1.807) is 6.92 Å². The SMILES string of the molecule is Cc1nscc1C1(CNC(=O)c2ccc(F)c(F)c2-c2ccc(C(F)(F)F)cc2)NC(=O)NC1=O. The van der Waals surface area contributed by atoms with Crippen molar-refractivity contribution in [3.63, 3.8) is 0 Å². The van der Waals surface area contributed by atoms with E-state index in [1.807, 2.05) is 0 Å². The second kappa shape index (κ2) is 8.73. The number of nitrogens with zero attached hydrogens (tertiary/aromatic N) is 1. The van der Waals surface area contributed by atoms with Gasteiger partial charge in [0.15, 0.2) is 17.2 Å². The minimum atomic E-state index is -4.64. The zero-order valence-electron chi connectivity index (χ0n) is 17.7. The molecule has 1 aliphatic heterocycles. The van der Waals surface area contributed by atoms with Crippen LogP contribution in [-0.4, -0.2) is 28.8 Å². The number of carbonyl (C=O) groups is 3. The van der Waals surface area contributed by atoms with Crippen molar-refractivity contribution in [3.8, 4) is 11.1 Å². The Labute approximate surface area is 198 Å². The lowest BCUT2D eigenvalue weighted by molar-refractivity contribution is -0.137. The summed E-state index contributed by atoms with van der Waals surface area (Å²) in [4.78, 5) is 37.5. The number of carbonyl (C=O) groups excluding carboxylic acids is 3. The smallest absolute Gasteiger partial charge is 0.349 e. The van der Waals surface area contributed by atoms with Crippen LogP contribution in [0.3, 0.4) is 0 Å². The maximum atomic E-state index is 14.7. The Hall–Kier alpha value is -3.87. The summed E-state index contributed by atoms with van der Waals surface area (Å²) in [6.07, 6.45) is -4.64. The van der Waals surface area contributed by atoms with Gasteiger partial charge in [-0.1, -0.05) is 12.1 Å². The predicted molar refractivity (Wildman–Crippen MR) is 114 cm³/mol. The molecule has 4 rings (SSSR count). The number of aryl methyl sites for hydroxylation is 1. The largest absolute Gasteiger partial charge is 0.416 e. The number of imide groups is 1. The van der Waals surface area contributed by atoms with E-state index in [2.05, 4.69) is 20.3 Å². The van der Waals surface area contributed by atoms with Crippen molar-refractivity contribution in [1.29, 1.82) is 0 Å². The zero-order chi connectivity index (χ0) is 25.5. The third kappa shape index (κ3) is 4.34. The van der Waals surface area contributed by atoms with Crippen LogP contribution >= 0.6 is 11.5 Å². The van der Waals surface area contributed by atoms with E-state index in [9.17, 15) is 36.3 Å². The Morgan fingerprint density at radius 2 is 1.80 bits per heavy atom. The fraction of sp³-hybridized carbons (Fsp3) is 0.182. The van der Waals surface area contributed by atoms with Gasteiger partial charge in [0, 0.05) is 16.5 Å². The normalized spacial score (nSPS) is 17.8. The molecule has 0 saturated carbocycles. The molecule has 0 aliphatic carbocycles. The van der Waals surface area contributed by atoms with Crippen LogP contribution in [-0.2, 0) is 16.5 Å². The maximum Gasteiger partial charge on any atom is 0.416 e. The number of aromatic nitrogens is 1. The van der Waals surface area contributed by atoms with E-state index in [0.29, 0.717) is 29.5 Å². The van der Waals surface area contributed by atoms with Crippen molar-refractivity contribution >= 4 is 29.4 Å². The highest BCUT2D eigenvalue weighted by atomic mass is 32.1. The molecule has 1 aliphatic rings. The lowest BCUT2D eigenvalue weighted by Gasteiger charge is -2.26. The van der Waals surface area contributed by atoms with Crippen LogP contribution in [0.5, 0.6) is 0 Å². The summed E-state index contributed by atoms with van der Waals surface area (Å²) >= 11 is 1.03. The summed E-state index contributed by atoms with van der Waals surface area (Å²) in [5.74, 6) is -4.44. The summed E-state index contributed by atoms with van der Waals surface area (Å²) in [6, 6.07) is 4.08. The first kappa shape index (κ1) is 24.3. The maximum absolute atomic E-state index is 14.7. The summed E-state index contributed by atoms with van der Waals surface area (Å²) in [5.41, 5.74) is -3.05. The van der Waals surface area contributed by atoms with Gasteiger partial charge in [0.05, 0.1) is 23.4 Å². The minimum Gasteiger partial charge on any atom is -0.349 e. The molecule has 1 aromatic heterocycles. The van der Waals surface area contributed by atoms with Crippen LogP contribution in [0.2, 0.25) is 0 Å². The van der Waals surface area contributed by atoms with Gasteiger partial charge in [-0.15, -0.1) is 0 Å². The molecule has 3 N–H and O–H groups in total. The molecule has 182 valence electrons. The highest BCUT2D eigenvalue weighted by Crippen LogP contribution is 2.34. The minimum absolute atomic E-state index is 0.167. The Morgan fingerprint density at radius 1 is 1.11 bits per heavy atom. The average molecular weight is 510 g/mol. The summed E-state index contributed by atoms with van der Waals surface area (Å²) in [6.45, 7) is 1.14. The summed E-state index contributed by atoms with van der Waals surface area (Å²) < 4.78 is 71.5. The Morgan fingerprint density at radius 3 is 2.34 bits per heavy atom. The zero-order valence-corrected chi connectivity index (χ0v) is 18.5. The van der Waals surface area contributed by atoms with E-state index >= 15 is 0 Å². The second-order valence-corrected chi connectivity index (χ2v) is 8.30. The third-order valence-electron chi connectivity index (χ3n) is 5.51. The standard InChI is InChI=1S/C22H15F5N4O3S/c1-10-14(8-35-31-10)21(19(33)29-20(34)30-21)9-28-18(32)13-6-7-15(23)17(24)16(13)11-2-4-12(5-3-11)22(25,26)27/h2-8H,9H2,1H3,(H,28,32)(H2,29,30,33,34). The Kier molecular flexibility index (Phi) is 6.05. The third-order valence-corrected chi connectivity index (χ3v) is 6.23. The molecule has 3 aromatic rings. The van der Waals surface area contributed by atoms with Crippen molar-refractivity contribution in [2.45, 2.75) is 18.6 Å². The van der Waals surface area contributed by atoms with E-state index in [0.717, 1.165) is 29.7 Å². The molecule has 1 fully saturated rings. The van der Waals surface area contributed by atoms with Crippen LogP contribution in [0.4, 0.5) is 26.7 Å². The molecule has 35 heavy (non-hydrogen) atoms. The molecule has 2 heterocycles. The topological polar surface area (TPSA) is 100 Å². The highest BCUT2D eigenvalue weighted by molar-refractivity contribution is 7.03. The van der Waals surface area contributed by atoms with E-state index < -0.39 is 58.9 Å². The van der Waals surface area contributed by atoms with Gasteiger partial charge in [0.25, 0.3) is 11.8 Å². The molecule has 1 saturated heterocycles. The van der Waals surface area contributed by atoms with Gasteiger partial charge in [-0.25, -0.2) is 13.6 Å². The van der Waals surface area contributed by atoms with Crippen molar-refractivity contribution in [2.24, 2.45) is 0 Å². The van der Waals surface area contributed by atoms with Crippen LogP contribution in [0.25, 0.3) is 11.1 Å². The van der Waals surface area contributed by atoms with Gasteiger partial charge in [0.2, 0.25) is 0 Å². The van der Waals surface area contributed by atoms with Gasteiger partial charge in [-0.3, -0.25) is 14.9 Å². The van der Waals surface area contributed by atoms with E-state index in [-0.39, 0.29) is 11.1 Å².